The lowest BCUT2D eigenvalue weighted by atomic mass is 10.1. The van der Waals surface area contributed by atoms with Crippen LogP contribution in [0, 0.1) is 10.1 Å². The number of hydrogen-bond donors (Lipinski definition) is 0. The van der Waals surface area contributed by atoms with Crippen LogP contribution >= 0.6 is 24.0 Å². The van der Waals surface area contributed by atoms with Crippen LogP contribution in [0.2, 0.25) is 0 Å². The number of anilines is 1. The van der Waals surface area contributed by atoms with Gasteiger partial charge >= 0.3 is 0 Å². The summed E-state index contributed by atoms with van der Waals surface area (Å²) in [7, 11) is 0. The van der Waals surface area contributed by atoms with Crippen molar-refractivity contribution >= 4 is 51.7 Å². The molecule has 1 fully saturated rings. The highest BCUT2D eigenvalue weighted by Gasteiger charge is 2.32. The van der Waals surface area contributed by atoms with Crippen molar-refractivity contribution in [2.24, 2.45) is 0 Å². The van der Waals surface area contributed by atoms with Crippen LogP contribution in [0.5, 0.6) is 0 Å². The number of hydrogen-bond acceptors (Lipinski definition) is 5. The molecule has 1 aliphatic heterocycles. The molecule has 124 valence electrons. The summed E-state index contributed by atoms with van der Waals surface area (Å²) in [6.07, 6.45) is 4.85. The Hall–Kier alpha value is -2.77. The largest absolute Gasteiger partial charge is 0.276 e. The molecular weight excluding hydrogens is 356 g/mol. The number of para-hydroxylation sites is 2. The maximum Gasteiger partial charge on any atom is 0.276 e. The van der Waals surface area contributed by atoms with Gasteiger partial charge in [0, 0.05) is 6.07 Å². The SMILES string of the molecule is O=C1/C(=C\C=C\c2ccccc2[N+](=O)[O-])SC(=S)N1c1ccccc1. The van der Waals surface area contributed by atoms with E-state index in [0.29, 0.717) is 14.8 Å². The fourth-order valence-electron chi connectivity index (χ4n) is 2.32. The van der Waals surface area contributed by atoms with E-state index in [1.165, 1.54) is 22.7 Å². The molecule has 0 aliphatic carbocycles. The number of nitro groups is 1. The number of nitrogens with zero attached hydrogens (tertiary/aromatic N) is 2. The van der Waals surface area contributed by atoms with Gasteiger partial charge in [-0.05, 0) is 30.4 Å². The average molecular weight is 368 g/mol. The monoisotopic (exact) mass is 368 g/mol. The molecule has 0 radical (unpaired) electrons. The van der Waals surface area contributed by atoms with Gasteiger partial charge in [0.2, 0.25) is 0 Å². The molecular formula is C18H12N2O3S2. The number of amides is 1. The Kier molecular flexibility index (Phi) is 5.06. The van der Waals surface area contributed by atoms with Crippen molar-refractivity contribution in [3.8, 4) is 0 Å². The molecule has 2 aromatic carbocycles. The minimum Gasteiger partial charge on any atom is -0.268 e. The quantitative estimate of drug-likeness (QED) is 0.343. The first-order valence-corrected chi connectivity index (χ1v) is 8.53. The lowest BCUT2D eigenvalue weighted by molar-refractivity contribution is -0.385. The number of benzene rings is 2. The Bertz CT molecular complexity index is 908. The van der Waals surface area contributed by atoms with Gasteiger partial charge in [-0.25, -0.2) is 0 Å². The molecule has 0 aromatic heterocycles. The van der Waals surface area contributed by atoms with Crippen molar-refractivity contribution in [1.29, 1.82) is 0 Å². The van der Waals surface area contributed by atoms with Crippen LogP contribution in [-0.2, 0) is 4.79 Å². The maximum atomic E-state index is 12.5. The molecule has 0 spiro atoms. The third kappa shape index (κ3) is 3.67. The van der Waals surface area contributed by atoms with Crippen molar-refractivity contribution in [1.82, 2.24) is 0 Å². The highest BCUT2D eigenvalue weighted by Crippen LogP contribution is 2.34. The molecule has 0 bridgehead atoms. The summed E-state index contributed by atoms with van der Waals surface area (Å²) in [4.78, 5) is 25.1. The van der Waals surface area contributed by atoms with Gasteiger partial charge in [-0.15, -0.1) is 0 Å². The van der Waals surface area contributed by atoms with Crippen LogP contribution in [0.3, 0.4) is 0 Å². The predicted molar refractivity (Wildman–Crippen MR) is 104 cm³/mol. The molecule has 1 saturated heterocycles. The van der Waals surface area contributed by atoms with Gasteiger partial charge in [0.25, 0.3) is 11.6 Å². The van der Waals surface area contributed by atoms with Crippen molar-refractivity contribution in [3.05, 3.63) is 87.3 Å². The van der Waals surface area contributed by atoms with Crippen LogP contribution in [-0.4, -0.2) is 15.2 Å². The minimum atomic E-state index is -0.436. The van der Waals surface area contributed by atoms with E-state index in [4.69, 9.17) is 12.2 Å². The number of thioether (sulfide) groups is 1. The summed E-state index contributed by atoms with van der Waals surface area (Å²) >= 11 is 6.50. The zero-order valence-corrected chi connectivity index (χ0v) is 14.5. The number of carbonyl (C=O) groups excluding carboxylic acids is 1. The van der Waals surface area contributed by atoms with Crippen molar-refractivity contribution in [2.75, 3.05) is 4.90 Å². The first-order chi connectivity index (χ1) is 12.1. The van der Waals surface area contributed by atoms with Crippen LogP contribution in [0.4, 0.5) is 11.4 Å². The molecule has 0 N–H and O–H groups in total. The summed E-state index contributed by atoms with van der Waals surface area (Å²) in [6, 6.07) is 15.6. The van der Waals surface area contributed by atoms with E-state index in [1.54, 1.807) is 36.4 Å². The summed E-state index contributed by atoms with van der Waals surface area (Å²) < 4.78 is 0.460. The van der Waals surface area contributed by atoms with Crippen molar-refractivity contribution < 1.29 is 9.72 Å². The Morgan fingerprint density at radius 1 is 1.08 bits per heavy atom. The second kappa shape index (κ2) is 7.42. The molecule has 0 unspecified atom stereocenters. The fraction of sp³-hybridized carbons (Fsp3) is 0. The van der Waals surface area contributed by atoms with E-state index >= 15 is 0 Å². The Balaban J connectivity index is 1.83. The zero-order chi connectivity index (χ0) is 17.8. The molecule has 5 nitrogen and oxygen atoms in total. The standard InChI is InChI=1S/C18H12N2O3S2/c21-17-16(25-18(24)19(17)14-9-2-1-3-10-14)12-6-8-13-7-4-5-11-15(13)20(22)23/h1-12H/b8-6+,16-12+. The maximum absolute atomic E-state index is 12.5. The van der Waals surface area contributed by atoms with E-state index in [1.807, 2.05) is 30.3 Å². The topological polar surface area (TPSA) is 63.4 Å². The fourth-order valence-corrected chi connectivity index (χ4v) is 3.57. The van der Waals surface area contributed by atoms with E-state index < -0.39 is 4.92 Å². The van der Waals surface area contributed by atoms with Gasteiger partial charge in [-0.3, -0.25) is 19.8 Å². The van der Waals surface area contributed by atoms with Gasteiger partial charge < -0.3 is 0 Å². The zero-order valence-electron chi connectivity index (χ0n) is 12.9. The van der Waals surface area contributed by atoms with Gasteiger partial charge in [0.1, 0.15) is 0 Å². The molecule has 0 atom stereocenters. The second-order valence-corrected chi connectivity index (χ2v) is 6.73. The van der Waals surface area contributed by atoms with E-state index in [9.17, 15) is 14.9 Å². The molecule has 7 heteroatoms. The smallest absolute Gasteiger partial charge is 0.268 e. The van der Waals surface area contributed by atoms with E-state index in [2.05, 4.69) is 0 Å². The first kappa shape index (κ1) is 17.1. The normalized spacial score (nSPS) is 16.2. The predicted octanol–water partition coefficient (Wildman–Crippen LogP) is 4.56. The first-order valence-electron chi connectivity index (χ1n) is 7.31. The highest BCUT2D eigenvalue weighted by molar-refractivity contribution is 8.27. The van der Waals surface area contributed by atoms with E-state index in [0.717, 1.165) is 5.69 Å². The van der Waals surface area contributed by atoms with Crippen LogP contribution in [0.15, 0.2) is 71.7 Å². The summed E-state index contributed by atoms with van der Waals surface area (Å²) in [5.74, 6) is -0.201. The second-order valence-electron chi connectivity index (χ2n) is 5.05. The number of rotatable bonds is 4. The molecule has 3 rings (SSSR count). The number of nitro benzene ring substituents is 1. The highest BCUT2D eigenvalue weighted by atomic mass is 32.2. The Morgan fingerprint density at radius 3 is 2.48 bits per heavy atom. The van der Waals surface area contributed by atoms with E-state index in [-0.39, 0.29) is 11.6 Å². The summed E-state index contributed by atoms with van der Waals surface area (Å²) in [5.41, 5.74) is 1.21. The van der Waals surface area contributed by atoms with Crippen molar-refractivity contribution in [2.45, 2.75) is 0 Å². The number of allylic oxidation sites excluding steroid dienone is 2. The van der Waals surface area contributed by atoms with Gasteiger partial charge in [-0.2, -0.15) is 0 Å². The van der Waals surface area contributed by atoms with Gasteiger partial charge in [0.05, 0.1) is 21.1 Å². The minimum absolute atomic E-state index is 0.0176. The number of thiocarbonyl (C=S) groups is 1. The molecule has 1 amide bonds. The third-order valence-corrected chi connectivity index (χ3v) is 4.79. The Morgan fingerprint density at radius 2 is 1.76 bits per heavy atom. The summed E-state index contributed by atoms with van der Waals surface area (Å²) in [6.45, 7) is 0. The van der Waals surface area contributed by atoms with Crippen LogP contribution in [0.1, 0.15) is 5.56 Å². The third-order valence-electron chi connectivity index (χ3n) is 3.46. The van der Waals surface area contributed by atoms with Crippen molar-refractivity contribution in [3.63, 3.8) is 0 Å². The van der Waals surface area contributed by atoms with Gasteiger partial charge in [-0.1, -0.05) is 60.4 Å². The lowest BCUT2D eigenvalue weighted by Crippen LogP contribution is -2.27. The molecule has 1 heterocycles. The number of carbonyl (C=O) groups is 1. The molecule has 25 heavy (non-hydrogen) atoms. The molecule has 2 aromatic rings. The molecule has 0 saturated carbocycles. The van der Waals surface area contributed by atoms with Crippen LogP contribution < -0.4 is 4.90 Å². The average Bonchev–Trinajstić information content (AvgIpc) is 2.90. The summed E-state index contributed by atoms with van der Waals surface area (Å²) in [5, 5.41) is 11.0. The molecule has 1 aliphatic rings. The van der Waals surface area contributed by atoms with Gasteiger partial charge in [0.15, 0.2) is 4.32 Å². The lowest BCUT2D eigenvalue weighted by Gasteiger charge is -2.13. The van der Waals surface area contributed by atoms with Crippen LogP contribution in [0.25, 0.3) is 6.08 Å². The Labute approximate surface area is 153 Å².